The van der Waals surface area contributed by atoms with E-state index in [0.717, 1.165) is 16.9 Å². The summed E-state index contributed by atoms with van der Waals surface area (Å²) in [6.45, 7) is 0. The predicted molar refractivity (Wildman–Crippen MR) is 83.4 cm³/mol. The van der Waals surface area contributed by atoms with Gasteiger partial charge in [0.25, 0.3) is 0 Å². The monoisotopic (exact) mass is 303 g/mol. The summed E-state index contributed by atoms with van der Waals surface area (Å²) < 4.78 is 1.73. The molecule has 0 aliphatic carbocycles. The van der Waals surface area contributed by atoms with Crippen molar-refractivity contribution >= 4 is 29.0 Å². The summed E-state index contributed by atoms with van der Waals surface area (Å²) in [6.07, 6.45) is 0. The van der Waals surface area contributed by atoms with Crippen molar-refractivity contribution in [3.8, 4) is 16.9 Å². The molecule has 5 heteroatoms. The van der Waals surface area contributed by atoms with Crippen LogP contribution in [0.3, 0.4) is 0 Å². The lowest BCUT2D eigenvalue weighted by Crippen LogP contribution is -2.00. The molecule has 0 fully saturated rings. The van der Waals surface area contributed by atoms with E-state index in [1.54, 1.807) is 16.8 Å². The molecule has 0 spiro atoms. The van der Waals surface area contributed by atoms with Gasteiger partial charge in [-0.05, 0) is 18.2 Å². The number of nitrogens with zero attached hydrogens (tertiary/aromatic N) is 2. The van der Waals surface area contributed by atoms with E-state index in [4.69, 9.17) is 28.9 Å². The van der Waals surface area contributed by atoms with Crippen LogP contribution in [0.4, 0.5) is 5.82 Å². The van der Waals surface area contributed by atoms with Crippen molar-refractivity contribution < 1.29 is 0 Å². The van der Waals surface area contributed by atoms with E-state index in [9.17, 15) is 0 Å². The lowest BCUT2D eigenvalue weighted by atomic mass is 10.1. The maximum Gasteiger partial charge on any atom is 0.146 e. The van der Waals surface area contributed by atoms with Crippen molar-refractivity contribution in [3.63, 3.8) is 0 Å². The van der Waals surface area contributed by atoms with Gasteiger partial charge in [-0.25, -0.2) is 4.68 Å². The summed E-state index contributed by atoms with van der Waals surface area (Å²) in [6, 6.07) is 17.0. The fraction of sp³-hybridized carbons (Fsp3) is 0. The Balaban J connectivity index is 2.20. The van der Waals surface area contributed by atoms with Gasteiger partial charge in [0, 0.05) is 16.7 Å². The first kappa shape index (κ1) is 13.0. The number of halogens is 2. The number of hydrogen-bond acceptors (Lipinski definition) is 2. The maximum absolute atomic E-state index is 6.25. The minimum atomic E-state index is 0.440. The van der Waals surface area contributed by atoms with Crippen LogP contribution in [0.1, 0.15) is 0 Å². The van der Waals surface area contributed by atoms with E-state index in [-0.39, 0.29) is 0 Å². The first-order valence-corrected chi connectivity index (χ1v) is 6.77. The Morgan fingerprint density at radius 1 is 0.950 bits per heavy atom. The highest BCUT2D eigenvalue weighted by Crippen LogP contribution is 2.30. The van der Waals surface area contributed by atoms with Gasteiger partial charge >= 0.3 is 0 Å². The summed E-state index contributed by atoms with van der Waals surface area (Å²) in [5.74, 6) is 0.440. The summed E-state index contributed by atoms with van der Waals surface area (Å²) >= 11 is 12.2. The number of nitrogen functional groups attached to an aromatic ring is 1. The minimum Gasteiger partial charge on any atom is -0.382 e. The number of benzene rings is 2. The van der Waals surface area contributed by atoms with Crippen LogP contribution in [0.5, 0.6) is 0 Å². The molecule has 0 radical (unpaired) electrons. The molecular formula is C15H11Cl2N3. The zero-order valence-corrected chi connectivity index (χ0v) is 11.9. The number of hydrogen-bond donors (Lipinski definition) is 1. The molecule has 2 N–H and O–H groups in total. The molecule has 1 heterocycles. The first-order chi connectivity index (χ1) is 9.65. The lowest BCUT2D eigenvalue weighted by Gasteiger charge is -2.09. The molecule has 3 aromatic rings. The third-order valence-corrected chi connectivity index (χ3v) is 3.47. The van der Waals surface area contributed by atoms with Crippen molar-refractivity contribution in [2.45, 2.75) is 0 Å². The molecule has 20 heavy (non-hydrogen) atoms. The highest BCUT2D eigenvalue weighted by Gasteiger charge is 2.12. The zero-order valence-electron chi connectivity index (χ0n) is 10.4. The molecule has 0 bridgehead atoms. The average molecular weight is 304 g/mol. The van der Waals surface area contributed by atoms with Crippen LogP contribution in [0.15, 0.2) is 54.6 Å². The van der Waals surface area contributed by atoms with E-state index >= 15 is 0 Å². The first-order valence-electron chi connectivity index (χ1n) is 6.01. The molecule has 0 saturated heterocycles. The smallest absolute Gasteiger partial charge is 0.146 e. The number of nitrogens with two attached hydrogens (primary N) is 1. The molecule has 0 saturated carbocycles. The Kier molecular flexibility index (Phi) is 3.38. The highest BCUT2D eigenvalue weighted by molar-refractivity contribution is 6.35. The molecular weight excluding hydrogens is 293 g/mol. The zero-order chi connectivity index (χ0) is 14.1. The lowest BCUT2D eigenvalue weighted by molar-refractivity contribution is 0.894. The van der Waals surface area contributed by atoms with Crippen molar-refractivity contribution in [3.05, 3.63) is 64.6 Å². The molecule has 0 unspecified atom stereocenters. The predicted octanol–water partition coefficient (Wildman–Crippen LogP) is 4.43. The molecule has 2 aromatic carbocycles. The molecule has 3 rings (SSSR count). The van der Waals surface area contributed by atoms with Crippen LogP contribution in [0.25, 0.3) is 16.9 Å². The normalized spacial score (nSPS) is 10.7. The standard InChI is InChI=1S/C15H11Cl2N3/c16-11-6-7-13(12(17)8-11)20-14(9-15(18)19-20)10-4-2-1-3-5-10/h1-9H,(H2,18,19). The van der Waals surface area contributed by atoms with Crippen molar-refractivity contribution in [1.29, 1.82) is 0 Å². The summed E-state index contributed by atoms with van der Waals surface area (Å²) in [4.78, 5) is 0. The van der Waals surface area contributed by atoms with Crippen LogP contribution in [-0.2, 0) is 0 Å². The quantitative estimate of drug-likeness (QED) is 0.761. The SMILES string of the molecule is Nc1cc(-c2ccccc2)n(-c2ccc(Cl)cc2Cl)n1. The van der Waals surface area contributed by atoms with Gasteiger partial charge in [-0.1, -0.05) is 53.5 Å². The Morgan fingerprint density at radius 2 is 1.70 bits per heavy atom. The second-order valence-electron chi connectivity index (χ2n) is 4.33. The Morgan fingerprint density at radius 3 is 2.40 bits per heavy atom. The van der Waals surface area contributed by atoms with Gasteiger partial charge in [0.05, 0.1) is 16.4 Å². The minimum absolute atomic E-state index is 0.440. The fourth-order valence-electron chi connectivity index (χ4n) is 2.05. The molecule has 3 nitrogen and oxygen atoms in total. The van der Waals surface area contributed by atoms with E-state index in [1.807, 2.05) is 42.5 Å². The number of rotatable bonds is 2. The molecule has 0 aliphatic rings. The largest absolute Gasteiger partial charge is 0.382 e. The van der Waals surface area contributed by atoms with Crippen LogP contribution >= 0.6 is 23.2 Å². The second kappa shape index (κ2) is 5.19. The highest BCUT2D eigenvalue weighted by atomic mass is 35.5. The van der Waals surface area contributed by atoms with E-state index in [0.29, 0.717) is 15.9 Å². The van der Waals surface area contributed by atoms with Crippen molar-refractivity contribution in [2.75, 3.05) is 5.73 Å². The second-order valence-corrected chi connectivity index (χ2v) is 5.17. The molecule has 1 aromatic heterocycles. The Labute approximate surface area is 126 Å². The number of anilines is 1. The van der Waals surface area contributed by atoms with Gasteiger partial charge in [0.2, 0.25) is 0 Å². The third kappa shape index (κ3) is 2.38. The van der Waals surface area contributed by atoms with Gasteiger partial charge < -0.3 is 5.73 Å². The van der Waals surface area contributed by atoms with Gasteiger partial charge in [-0.15, -0.1) is 0 Å². The van der Waals surface area contributed by atoms with Crippen molar-refractivity contribution in [2.24, 2.45) is 0 Å². The molecule has 100 valence electrons. The van der Waals surface area contributed by atoms with Gasteiger partial charge in [0.1, 0.15) is 5.82 Å². The number of aromatic nitrogens is 2. The van der Waals surface area contributed by atoms with Crippen LogP contribution in [0.2, 0.25) is 10.0 Å². The summed E-state index contributed by atoms with van der Waals surface area (Å²) in [5, 5.41) is 5.42. The van der Waals surface area contributed by atoms with E-state index in [1.165, 1.54) is 0 Å². The van der Waals surface area contributed by atoms with Crippen molar-refractivity contribution in [1.82, 2.24) is 9.78 Å². The Bertz CT molecular complexity index is 751. The van der Waals surface area contributed by atoms with Crippen LogP contribution < -0.4 is 5.73 Å². The van der Waals surface area contributed by atoms with Gasteiger partial charge in [-0.3, -0.25) is 0 Å². The molecule has 0 aliphatic heterocycles. The molecule has 0 atom stereocenters. The van der Waals surface area contributed by atoms with Crippen LogP contribution in [-0.4, -0.2) is 9.78 Å². The third-order valence-electron chi connectivity index (χ3n) is 2.94. The van der Waals surface area contributed by atoms with Crippen LogP contribution in [0, 0.1) is 0 Å². The topological polar surface area (TPSA) is 43.8 Å². The van der Waals surface area contributed by atoms with E-state index in [2.05, 4.69) is 5.10 Å². The maximum atomic E-state index is 6.25. The van der Waals surface area contributed by atoms with E-state index < -0.39 is 0 Å². The average Bonchev–Trinajstić information content (AvgIpc) is 2.81. The summed E-state index contributed by atoms with van der Waals surface area (Å²) in [7, 11) is 0. The van der Waals surface area contributed by atoms with Gasteiger partial charge in [0.15, 0.2) is 0 Å². The molecule has 0 amide bonds. The van der Waals surface area contributed by atoms with Gasteiger partial charge in [-0.2, -0.15) is 5.10 Å². The summed E-state index contributed by atoms with van der Waals surface area (Å²) in [5.41, 5.74) is 8.47. The fourth-order valence-corrected chi connectivity index (χ4v) is 2.54. The Hall–Kier alpha value is -1.97.